The van der Waals surface area contributed by atoms with Crippen LogP contribution in [0.1, 0.15) is 10.4 Å². The standard InChI is InChI=1S/C14H16FN3S.HI/c1-16-14(18-10-12-6-4-8-19-12)17-9-11-5-2-3-7-13(11)15;/h2-8H,9-10H2,1H3,(H2,16,17,18);1H. The van der Waals surface area contributed by atoms with Gasteiger partial charge in [0.25, 0.3) is 0 Å². The van der Waals surface area contributed by atoms with E-state index < -0.39 is 0 Å². The number of hydrogen-bond acceptors (Lipinski definition) is 2. The van der Waals surface area contributed by atoms with Gasteiger partial charge in [0.15, 0.2) is 5.96 Å². The first kappa shape index (κ1) is 16.9. The van der Waals surface area contributed by atoms with E-state index in [0.717, 1.165) is 0 Å². The third-order valence-electron chi connectivity index (χ3n) is 2.64. The Kier molecular flexibility index (Phi) is 7.53. The van der Waals surface area contributed by atoms with Crippen LogP contribution in [0.3, 0.4) is 0 Å². The summed E-state index contributed by atoms with van der Waals surface area (Å²) in [6, 6.07) is 10.8. The molecule has 20 heavy (non-hydrogen) atoms. The predicted octanol–water partition coefficient (Wildman–Crippen LogP) is 3.37. The summed E-state index contributed by atoms with van der Waals surface area (Å²) >= 11 is 1.69. The van der Waals surface area contributed by atoms with Crippen LogP contribution in [0.4, 0.5) is 4.39 Å². The monoisotopic (exact) mass is 405 g/mol. The SMILES string of the molecule is CN=C(NCc1cccs1)NCc1ccccc1F.I. The molecule has 0 fully saturated rings. The second kappa shape index (κ2) is 8.91. The Labute approximate surface area is 139 Å². The highest BCUT2D eigenvalue weighted by Gasteiger charge is 2.02. The molecule has 0 radical (unpaired) electrons. The van der Waals surface area contributed by atoms with Crippen LogP contribution in [0.2, 0.25) is 0 Å². The maximum absolute atomic E-state index is 13.5. The van der Waals surface area contributed by atoms with E-state index >= 15 is 0 Å². The summed E-state index contributed by atoms with van der Waals surface area (Å²) < 4.78 is 13.5. The Hall–Kier alpha value is -1.15. The molecule has 2 rings (SSSR count). The zero-order chi connectivity index (χ0) is 13.5. The Bertz CT molecular complexity index is 543. The molecule has 1 heterocycles. The third-order valence-corrected chi connectivity index (χ3v) is 3.51. The fourth-order valence-corrected chi connectivity index (χ4v) is 2.27. The van der Waals surface area contributed by atoms with Crippen LogP contribution >= 0.6 is 35.3 Å². The number of hydrogen-bond donors (Lipinski definition) is 2. The topological polar surface area (TPSA) is 36.4 Å². The summed E-state index contributed by atoms with van der Waals surface area (Å²) in [5, 5.41) is 8.32. The minimum absolute atomic E-state index is 0. The molecule has 3 nitrogen and oxygen atoms in total. The molecule has 0 aliphatic carbocycles. The van der Waals surface area contributed by atoms with Crippen molar-refractivity contribution in [3.05, 3.63) is 58.0 Å². The Balaban J connectivity index is 0.00000200. The number of nitrogens with one attached hydrogen (secondary N) is 2. The van der Waals surface area contributed by atoms with E-state index in [4.69, 9.17) is 0 Å². The smallest absolute Gasteiger partial charge is 0.191 e. The van der Waals surface area contributed by atoms with Crippen molar-refractivity contribution in [2.24, 2.45) is 4.99 Å². The van der Waals surface area contributed by atoms with Crippen LogP contribution in [-0.4, -0.2) is 13.0 Å². The first-order chi connectivity index (χ1) is 9.29. The van der Waals surface area contributed by atoms with Crippen LogP contribution < -0.4 is 10.6 Å². The summed E-state index contributed by atoms with van der Waals surface area (Å²) in [6.45, 7) is 1.13. The second-order valence-electron chi connectivity index (χ2n) is 3.95. The number of rotatable bonds is 4. The van der Waals surface area contributed by atoms with E-state index in [0.29, 0.717) is 24.6 Å². The van der Waals surface area contributed by atoms with Crippen LogP contribution in [0, 0.1) is 5.82 Å². The van der Waals surface area contributed by atoms with Gasteiger partial charge in [0.1, 0.15) is 5.82 Å². The van der Waals surface area contributed by atoms with E-state index in [1.54, 1.807) is 30.5 Å². The number of nitrogens with zero attached hydrogens (tertiary/aromatic N) is 1. The van der Waals surface area contributed by atoms with E-state index in [2.05, 4.69) is 21.7 Å². The predicted molar refractivity (Wildman–Crippen MR) is 93.2 cm³/mol. The molecule has 0 amide bonds. The summed E-state index contributed by atoms with van der Waals surface area (Å²) in [6.07, 6.45) is 0. The number of thiophene rings is 1. The quantitative estimate of drug-likeness (QED) is 0.465. The van der Waals surface area contributed by atoms with E-state index in [-0.39, 0.29) is 29.8 Å². The molecule has 0 bridgehead atoms. The zero-order valence-corrected chi connectivity index (χ0v) is 14.2. The number of aliphatic imine (C=N–C) groups is 1. The molecule has 2 N–H and O–H groups in total. The van der Waals surface area contributed by atoms with E-state index in [1.165, 1.54) is 10.9 Å². The van der Waals surface area contributed by atoms with Crippen molar-refractivity contribution in [2.75, 3.05) is 7.05 Å². The third kappa shape index (κ3) is 5.09. The highest BCUT2D eigenvalue weighted by Crippen LogP contribution is 2.07. The summed E-state index contributed by atoms with van der Waals surface area (Å²) in [5.41, 5.74) is 0.626. The Morgan fingerprint density at radius 1 is 1.15 bits per heavy atom. The van der Waals surface area contributed by atoms with Gasteiger partial charge in [0, 0.05) is 24.0 Å². The van der Waals surface area contributed by atoms with Crippen molar-refractivity contribution < 1.29 is 4.39 Å². The molecule has 0 spiro atoms. The summed E-state index contributed by atoms with van der Waals surface area (Å²) in [5.74, 6) is 0.459. The van der Waals surface area contributed by atoms with Crippen LogP contribution in [0.5, 0.6) is 0 Å². The molecule has 0 saturated heterocycles. The van der Waals surface area contributed by atoms with Gasteiger partial charge in [-0.25, -0.2) is 4.39 Å². The molecule has 108 valence electrons. The fourth-order valence-electron chi connectivity index (χ4n) is 1.63. The molecule has 0 atom stereocenters. The molecular weight excluding hydrogens is 388 g/mol. The number of benzene rings is 1. The van der Waals surface area contributed by atoms with Gasteiger partial charge in [-0.1, -0.05) is 24.3 Å². The lowest BCUT2D eigenvalue weighted by molar-refractivity contribution is 0.604. The number of guanidine groups is 1. The summed E-state index contributed by atoms with van der Waals surface area (Å²) in [7, 11) is 1.70. The van der Waals surface area contributed by atoms with E-state index in [1.807, 2.05) is 17.5 Å². The summed E-state index contributed by atoms with van der Waals surface area (Å²) in [4.78, 5) is 5.34. The highest BCUT2D eigenvalue weighted by molar-refractivity contribution is 14.0. The molecule has 0 aliphatic heterocycles. The molecule has 0 aliphatic rings. The molecule has 2 aromatic rings. The maximum Gasteiger partial charge on any atom is 0.191 e. The number of halogens is 2. The van der Waals surface area contributed by atoms with Gasteiger partial charge in [0.2, 0.25) is 0 Å². The first-order valence-corrected chi connectivity index (χ1v) is 6.88. The molecule has 1 aromatic heterocycles. The maximum atomic E-state index is 13.5. The molecule has 0 saturated carbocycles. The minimum atomic E-state index is -0.205. The van der Waals surface area contributed by atoms with Crippen LogP contribution in [0.15, 0.2) is 46.8 Å². The van der Waals surface area contributed by atoms with Gasteiger partial charge in [-0.15, -0.1) is 35.3 Å². The highest BCUT2D eigenvalue weighted by atomic mass is 127. The van der Waals surface area contributed by atoms with Crippen LogP contribution in [-0.2, 0) is 13.1 Å². The Morgan fingerprint density at radius 3 is 2.55 bits per heavy atom. The van der Waals surface area contributed by atoms with E-state index in [9.17, 15) is 4.39 Å². The minimum Gasteiger partial charge on any atom is -0.352 e. The second-order valence-corrected chi connectivity index (χ2v) is 4.98. The van der Waals surface area contributed by atoms with Gasteiger partial charge in [0.05, 0.1) is 6.54 Å². The zero-order valence-electron chi connectivity index (χ0n) is 11.1. The van der Waals surface area contributed by atoms with Gasteiger partial charge in [-0.2, -0.15) is 0 Å². The van der Waals surface area contributed by atoms with Crippen molar-refractivity contribution in [1.82, 2.24) is 10.6 Å². The lowest BCUT2D eigenvalue weighted by atomic mass is 10.2. The van der Waals surface area contributed by atoms with Gasteiger partial charge < -0.3 is 10.6 Å². The van der Waals surface area contributed by atoms with Crippen molar-refractivity contribution in [3.63, 3.8) is 0 Å². The lowest BCUT2D eigenvalue weighted by Crippen LogP contribution is -2.36. The van der Waals surface area contributed by atoms with Gasteiger partial charge in [-0.05, 0) is 17.5 Å². The van der Waals surface area contributed by atoms with Gasteiger partial charge in [-0.3, -0.25) is 4.99 Å². The van der Waals surface area contributed by atoms with Crippen molar-refractivity contribution in [3.8, 4) is 0 Å². The Morgan fingerprint density at radius 2 is 1.90 bits per heavy atom. The average molecular weight is 405 g/mol. The largest absolute Gasteiger partial charge is 0.352 e. The van der Waals surface area contributed by atoms with Crippen molar-refractivity contribution in [1.29, 1.82) is 0 Å². The molecular formula is C14H17FIN3S. The molecule has 1 aromatic carbocycles. The first-order valence-electron chi connectivity index (χ1n) is 6.00. The van der Waals surface area contributed by atoms with Crippen molar-refractivity contribution >= 4 is 41.3 Å². The average Bonchev–Trinajstić information content (AvgIpc) is 2.94. The lowest BCUT2D eigenvalue weighted by Gasteiger charge is -2.11. The molecule has 0 unspecified atom stereocenters. The molecule has 6 heteroatoms. The van der Waals surface area contributed by atoms with Crippen LogP contribution in [0.25, 0.3) is 0 Å². The van der Waals surface area contributed by atoms with Gasteiger partial charge >= 0.3 is 0 Å². The van der Waals surface area contributed by atoms with Crippen molar-refractivity contribution in [2.45, 2.75) is 13.1 Å². The fraction of sp³-hybridized carbons (Fsp3) is 0.214. The normalized spacial score (nSPS) is 10.8.